The Morgan fingerprint density at radius 2 is 2.08 bits per heavy atom. The monoisotopic (exact) mass is 381 g/mol. The van der Waals surface area contributed by atoms with Gasteiger partial charge in [0, 0.05) is 6.54 Å². The third-order valence-electron chi connectivity index (χ3n) is 3.61. The lowest BCUT2D eigenvalue weighted by Crippen LogP contribution is -2.30. The first-order valence-corrected chi connectivity index (χ1v) is 9.76. The van der Waals surface area contributed by atoms with Gasteiger partial charge in [-0.25, -0.2) is 12.8 Å². The predicted molar refractivity (Wildman–Crippen MR) is 92.4 cm³/mol. The van der Waals surface area contributed by atoms with E-state index in [0.717, 1.165) is 11.6 Å². The van der Waals surface area contributed by atoms with Crippen LogP contribution in [0.1, 0.15) is 11.3 Å². The smallest absolute Gasteiger partial charge is 0.243 e. The van der Waals surface area contributed by atoms with Gasteiger partial charge < -0.3 is 9.15 Å². The van der Waals surface area contributed by atoms with Gasteiger partial charge >= 0.3 is 0 Å². The molecule has 0 atom stereocenters. The number of sulfonamides is 1. The van der Waals surface area contributed by atoms with E-state index in [0.29, 0.717) is 5.76 Å². The summed E-state index contributed by atoms with van der Waals surface area (Å²) >= 11 is 1.48. The number of halogens is 1. The minimum absolute atomic E-state index is 0.00521. The summed E-state index contributed by atoms with van der Waals surface area (Å²) in [6.07, 6.45) is 1.48. The lowest BCUT2D eigenvalue weighted by molar-refractivity contribution is 0.358. The second-order valence-electron chi connectivity index (χ2n) is 5.28. The molecule has 0 saturated carbocycles. The van der Waals surface area contributed by atoms with Crippen molar-refractivity contribution in [3.8, 4) is 5.75 Å². The molecule has 2 aromatic heterocycles. The molecule has 0 aliphatic rings. The number of nitrogens with zero attached hydrogens (tertiary/aromatic N) is 1. The molecule has 0 radical (unpaired) electrons. The number of methoxy groups -OCH3 is 1. The summed E-state index contributed by atoms with van der Waals surface area (Å²) in [6, 6.07) is 8.85. The van der Waals surface area contributed by atoms with Crippen molar-refractivity contribution >= 4 is 21.4 Å². The van der Waals surface area contributed by atoms with Crippen LogP contribution >= 0.6 is 11.3 Å². The molecule has 0 N–H and O–H groups in total. The third kappa shape index (κ3) is 3.92. The van der Waals surface area contributed by atoms with Crippen LogP contribution in [-0.4, -0.2) is 19.8 Å². The van der Waals surface area contributed by atoms with E-state index in [1.54, 1.807) is 12.1 Å². The van der Waals surface area contributed by atoms with Crippen molar-refractivity contribution in [2.45, 2.75) is 18.0 Å². The van der Waals surface area contributed by atoms with Crippen LogP contribution in [0, 0.1) is 5.82 Å². The third-order valence-corrected chi connectivity index (χ3v) is 6.13. The largest absolute Gasteiger partial charge is 0.494 e. The number of thiophene rings is 1. The molecule has 1 aromatic carbocycles. The Bertz CT molecular complexity index is 885. The van der Waals surface area contributed by atoms with Crippen molar-refractivity contribution in [2.75, 3.05) is 7.11 Å². The molecule has 0 unspecified atom stereocenters. The summed E-state index contributed by atoms with van der Waals surface area (Å²) in [6.45, 7) is 0.221. The van der Waals surface area contributed by atoms with Crippen LogP contribution < -0.4 is 4.74 Å². The van der Waals surface area contributed by atoms with E-state index in [1.807, 2.05) is 16.8 Å². The molecule has 0 spiro atoms. The normalized spacial score (nSPS) is 11.8. The first kappa shape index (κ1) is 17.7. The standard InChI is InChI=1S/C17H16FNO4S2/c1-22-17-5-4-15(9-16(17)18)25(20,21)19(10-13-6-8-24-12-13)11-14-3-2-7-23-14/h2-9,12H,10-11H2,1H3. The van der Waals surface area contributed by atoms with Crippen LogP contribution in [-0.2, 0) is 23.1 Å². The van der Waals surface area contributed by atoms with Gasteiger partial charge in [0.25, 0.3) is 0 Å². The van der Waals surface area contributed by atoms with Crippen LogP contribution in [0.5, 0.6) is 5.75 Å². The van der Waals surface area contributed by atoms with E-state index in [4.69, 9.17) is 9.15 Å². The van der Waals surface area contributed by atoms with Crippen molar-refractivity contribution in [1.29, 1.82) is 0 Å². The lowest BCUT2D eigenvalue weighted by atomic mass is 10.3. The fraction of sp³-hybridized carbons (Fsp3) is 0.176. The topological polar surface area (TPSA) is 59.8 Å². The molecular weight excluding hydrogens is 365 g/mol. The number of benzene rings is 1. The van der Waals surface area contributed by atoms with Crippen molar-refractivity contribution in [1.82, 2.24) is 4.31 Å². The second kappa shape index (κ2) is 7.38. The average molecular weight is 381 g/mol. The zero-order chi connectivity index (χ0) is 17.9. The van der Waals surface area contributed by atoms with E-state index < -0.39 is 15.8 Å². The first-order valence-electron chi connectivity index (χ1n) is 7.38. The van der Waals surface area contributed by atoms with Crippen LogP contribution in [0.4, 0.5) is 4.39 Å². The summed E-state index contributed by atoms with van der Waals surface area (Å²) < 4.78 is 51.4. The maximum Gasteiger partial charge on any atom is 0.243 e. The van der Waals surface area contributed by atoms with E-state index >= 15 is 0 Å². The van der Waals surface area contributed by atoms with Crippen molar-refractivity contribution in [3.63, 3.8) is 0 Å². The van der Waals surface area contributed by atoms with E-state index in [-0.39, 0.29) is 23.7 Å². The number of rotatable bonds is 7. The van der Waals surface area contributed by atoms with Gasteiger partial charge in [-0.05, 0) is 52.7 Å². The molecule has 8 heteroatoms. The molecule has 3 rings (SSSR count). The molecule has 0 saturated heterocycles. The average Bonchev–Trinajstić information content (AvgIpc) is 3.28. The van der Waals surface area contributed by atoms with Crippen molar-refractivity contribution < 1.29 is 22.0 Å². The van der Waals surface area contributed by atoms with Crippen LogP contribution in [0.2, 0.25) is 0 Å². The molecule has 0 amide bonds. The summed E-state index contributed by atoms with van der Waals surface area (Å²) in [4.78, 5) is -0.132. The lowest BCUT2D eigenvalue weighted by Gasteiger charge is -2.21. The highest BCUT2D eigenvalue weighted by Gasteiger charge is 2.27. The maximum atomic E-state index is 14.0. The Balaban J connectivity index is 1.96. The van der Waals surface area contributed by atoms with Crippen LogP contribution in [0.15, 0.2) is 62.7 Å². The highest BCUT2D eigenvalue weighted by molar-refractivity contribution is 7.89. The van der Waals surface area contributed by atoms with Gasteiger partial charge in [0.05, 0.1) is 24.8 Å². The van der Waals surface area contributed by atoms with Gasteiger partial charge in [-0.1, -0.05) is 0 Å². The quantitative estimate of drug-likeness (QED) is 0.623. The Hall–Kier alpha value is -2.16. The van der Waals surface area contributed by atoms with Gasteiger partial charge in [-0.2, -0.15) is 15.6 Å². The Morgan fingerprint density at radius 1 is 1.24 bits per heavy atom. The zero-order valence-corrected chi connectivity index (χ0v) is 15.0. The van der Waals surface area contributed by atoms with Crippen molar-refractivity contribution in [2.24, 2.45) is 0 Å². The van der Waals surface area contributed by atoms with E-state index in [1.165, 1.54) is 41.1 Å². The number of hydrogen-bond acceptors (Lipinski definition) is 5. The van der Waals surface area contributed by atoms with Gasteiger partial charge in [-0.15, -0.1) is 0 Å². The molecule has 0 bridgehead atoms. The Morgan fingerprint density at radius 3 is 2.68 bits per heavy atom. The minimum Gasteiger partial charge on any atom is -0.494 e. The highest BCUT2D eigenvalue weighted by atomic mass is 32.2. The molecule has 2 heterocycles. The Labute approximate surface area is 149 Å². The maximum absolute atomic E-state index is 14.0. The van der Waals surface area contributed by atoms with Gasteiger partial charge in [0.15, 0.2) is 11.6 Å². The zero-order valence-electron chi connectivity index (χ0n) is 13.4. The van der Waals surface area contributed by atoms with Gasteiger partial charge in [0.2, 0.25) is 10.0 Å². The fourth-order valence-electron chi connectivity index (χ4n) is 2.35. The molecule has 0 aliphatic carbocycles. The first-order chi connectivity index (χ1) is 12.0. The number of ether oxygens (including phenoxy) is 1. The number of hydrogen-bond donors (Lipinski definition) is 0. The predicted octanol–water partition coefficient (Wildman–Crippen LogP) is 3.88. The number of furan rings is 1. The molecule has 0 fully saturated rings. The van der Waals surface area contributed by atoms with Crippen LogP contribution in [0.25, 0.3) is 0 Å². The summed E-state index contributed by atoms with van der Waals surface area (Å²) in [5.41, 5.74) is 0.856. The molecule has 5 nitrogen and oxygen atoms in total. The van der Waals surface area contributed by atoms with Crippen LogP contribution in [0.3, 0.4) is 0 Å². The summed E-state index contributed by atoms with van der Waals surface area (Å²) in [7, 11) is -2.59. The molecular formula is C17H16FNO4S2. The minimum atomic E-state index is -3.92. The highest BCUT2D eigenvalue weighted by Crippen LogP contribution is 2.26. The summed E-state index contributed by atoms with van der Waals surface area (Å²) in [5, 5.41) is 3.75. The van der Waals surface area contributed by atoms with Crippen molar-refractivity contribution in [3.05, 3.63) is 70.6 Å². The second-order valence-corrected chi connectivity index (χ2v) is 8.00. The van der Waals surface area contributed by atoms with E-state index in [2.05, 4.69) is 0 Å². The fourth-order valence-corrected chi connectivity index (χ4v) is 4.41. The molecule has 3 aromatic rings. The molecule has 25 heavy (non-hydrogen) atoms. The van der Waals surface area contributed by atoms with E-state index in [9.17, 15) is 12.8 Å². The SMILES string of the molecule is COc1ccc(S(=O)(=O)N(Cc2ccsc2)Cc2ccco2)cc1F. The summed E-state index contributed by atoms with van der Waals surface area (Å²) in [5.74, 6) is -0.223. The van der Waals surface area contributed by atoms with Gasteiger partial charge in [-0.3, -0.25) is 0 Å². The Kier molecular flexibility index (Phi) is 5.22. The van der Waals surface area contributed by atoms with Gasteiger partial charge in [0.1, 0.15) is 5.76 Å². The molecule has 132 valence electrons. The molecule has 0 aliphatic heterocycles.